The van der Waals surface area contributed by atoms with Crippen molar-refractivity contribution in [2.24, 2.45) is 0 Å². The van der Waals surface area contributed by atoms with Crippen molar-refractivity contribution in [1.29, 1.82) is 0 Å². The number of methoxy groups -OCH3 is 1. The van der Waals surface area contributed by atoms with Crippen molar-refractivity contribution < 1.29 is 9.53 Å². The van der Waals surface area contributed by atoms with Gasteiger partial charge in [-0.1, -0.05) is 34.8 Å². The molecule has 0 amide bonds. The van der Waals surface area contributed by atoms with Gasteiger partial charge in [-0.05, 0) is 24.3 Å². The Hall–Kier alpha value is -1.29. The highest BCUT2D eigenvalue weighted by atomic mass is 35.5. The van der Waals surface area contributed by atoms with E-state index in [1.165, 1.54) is 19.4 Å². The molecule has 0 radical (unpaired) electrons. The molecule has 0 aliphatic carbocycles. The van der Waals surface area contributed by atoms with Crippen LogP contribution in [0.15, 0.2) is 30.5 Å². The number of carbonyl (C=O) groups is 1. The maximum atomic E-state index is 11.6. The number of rotatable bonds is 2. The Bertz CT molecular complexity index is 644. The molecule has 0 N–H and O–H groups in total. The van der Waals surface area contributed by atoms with E-state index in [1.54, 1.807) is 18.2 Å². The SMILES string of the molecule is COC(=O)c1cc(-c2cc(Cl)ccc2Cl)ncc1Cl. The molecule has 0 unspecified atom stereocenters. The van der Waals surface area contributed by atoms with Crippen molar-refractivity contribution in [2.75, 3.05) is 7.11 Å². The predicted molar refractivity (Wildman–Crippen MR) is 76.0 cm³/mol. The van der Waals surface area contributed by atoms with Crippen LogP contribution >= 0.6 is 34.8 Å². The van der Waals surface area contributed by atoms with Crippen molar-refractivity contribution in [3.05, 3.63) is 51.1 Å². The molecular weight excluding hydrogens is 309 g/mol. The Morgan fingerprint density at radius 3 is 2.58 bits per heavy atom. The minimum Gasteiger partial charge on any atom is -0.465 e. The number of aromatic nitrogens is 1. The Kier molecular flexibility index (Phi) is 4.30. The van der Waals surface area contributed by atoms with Crippen LogP contribution in [0.25, 0.3) is 11.3 Å². The molecule has 0 atom stereocenters. The van der Waals surface area contributed by atoms with Gasteiger partial charge in [0.05, 0.1) is 28.4 Å². The van der Waals surface area contributed by atoms with E-state index in [-0.39, 0.29) is 10.6 Å². The number of benzene rings is 1. The fourth-order valence-corrected chi connectivity index (χ4v) is 2.11. The van der Waals surface area contributed by atoms with Gasteiger partial charge in [-0.2, -0.15) is 0 Å². The number of nitrogens with zero attached hydrogens (tertiary/aromatic N) is 1. The van der Waals surface area contributed by atoms with Crippen LogP contribution in [0.1, 0.15) is 10.4 Å². The number of carbonyl (C=O) groups excluding carboxylic acids is 1. The first-order chi connectivity index (χ1) is 9.02. The van der Waals surface area contributed by atoms with Gasteiger partial charge in [-0.25, -0.2) is 4.79 Å². The number of esters is 1. The summed E-state index contributed by atoms with van der Waals surface area (Å²) < 4.78 is 4.65. The molecule has 0 aliphatic heterocycles. The maximum Gasteiger partial charge on any atom is 0.339 e. The van der Waals surface area contributed by atoms with Crippen molar-refractivity contribution in [3.63, 3.8) is 0 Å². The lowest BCUT2D eigenvalue weighted by Crippen LogP contribution is -2.03. The first-order valence-corrected chi connectivity index (χ1v) is 6.35. The molecule has 0 aliphatic rings. The van der Waals surface area contributed by atoms with Crippen molar-refractivity contribution in [1.82, 2.24) is 4.98 Å². The van der Waals surface area contributed by atoms with Crippen LogP contribution in [0.3, 0.4) is 0 Å². The third-order valence-corrected chi connectivity index (χ3v) is 3.33. The summed E-state index contributed by atoms with van der Waals surface area (Å²) in [6.07, 6.45) is 1.38. The highest BCUT2D eigenvalue weighted by Crippen LogP contribution is 2.31. The Labute approximate surface area is 125 Å². The molecule has 0 fully saturated rings. The Morgan fingerprint density at radius 1 is 1.16 bits per heavy atom. The lowest BCUT2D eigenvalue weighted by molar-refractivity contribution is 0.0601. The van der Waals surface area contributed by atoms with E-state index >= 15 is 0 Å². The second-order valence-corrected chi connectivity index (χ2v) is 4.92. The topological polar surface area (TPSA) is 39.2 Å². The third-order valence-electron chi connectivity index (χ3n) is 2.47. The van der Waals surface area contributed by atoms with E-state index in [0.29, 0.717) is 21.3 Å². The van der Waals surface area contributed by atoms with Crippen LogP contribution in [0, 0.1) is 0 Å². The molecule has 0 saturated carbocycles. The summed E-state index contributed by atoms with van der Waals surface area (Å²) in [7, 11) is 1.28. The first kappa shape index (κ1) is 14.1. The smallest absolute Gasteiger partial charge is 0.339 e. The largest absolute Gasteiger partial charge is 0.465 e. The van der Waals surface area contributed by atoms with Gasteiger partial charge in [-0.15, -0.1) is 0 Å². The highest BCUT2D eigenvalue weighted by Gasteiger charge is 2.14. The lowest BCUT2D eigenvalue weighted by Gasteiger charge is -2.07. The summed E-state index contributed by atoms with van der Waals surface area (Å²) >= 11 is 17.9. The predicted octanol–water partition coefficient (Wildman–Crippen LogP) is 4.50. The summed E-state index contributed by atoms with van der Waals surface area (Å²) in [4.78, 5) is 15.7. The molecule has 98 valence electrons. The second kappa shape index (κ2) is 5.78. The zero-order valence-corrected chi connectivity index (χ0v) is 12.1. The molecule has 1 heterocycles. The number of hydrogen-bond donors (Lipinski definition) is 0. The highest BCUT2D eigenvalue weighted by molar-refractivity contribution is 6.35. The molecule has 0 spiro atoms. The molecule has 0 bridgehead atoms. The molecule has 0 saturated heterocycles. The molecule has 19 heavy (non-hydrogen) atoms. The van der Waals surface area contributed by atoms with Gasteiger partial charge < -0.3 is 4.74 Å². The van der Waals surface area contributed by atoms with E-state index in [2.05, 4.69) is 9.72 Å². The van der Waals surface area contributed by atoms with Gasteiger partial charge in [0.1, 0.15) is 0 Å². The van der Waals surface area contributed by atoms with Gasteiger partial charge in [0, 0.05) is 16.8 Å². The summed E-state index contributed by atoms with van der Waals surface area (Å²) in [5, 5.41) is 1.22. The lowest BCUT2D eigenvalue weighted by atomic mass is 10.1. The van der Waals surface area contributed by atoms with Crippen LogP contribution < -0.4 is 0 Å². The van der Waals surface area contributed by atoms with Crippen LogP contribution in [-0.2, 0) is 4.74 Å². The van der Waals surface area contributed by atoms with Gasteiger partial charge in [0.15, 0.2) is 0 Å². The molecular formula is C13H8Cl3NO2. The fraction of sp³-hybridized carbons (Fsp3) is 0.0769. The number of halogens is 3. The fourth-order valence-electron chi connectivity index (χ4n) is 1.55. The molecule has 2 aromatic rings. The van der Waals surface area contributed by atoms with Gasteiger partial charge in [0.25, 0.3) is 0 Å². The van der Waals surface area contributed by atoms with Crippen LogP contribution in [-0.4, -0.2) is 18.1 Å². The summed E-state index contributed by atoms with van der Waals surface area (Å²) in [5.74, 6) is -0.535. The Morgan fingerprint density at radius 2 is 1.89 bits per heavy atom. The number of ether oxygens (including phenoxy) is 1. The van der Waals surface area contributed by atoms with Crippen molar-refractivity contribution in [3.8, 4) is 11.3 Å². The average molecular weight is 317 g/mol. The van der Waals surface area contributed by atoms with Crippen LogP contribution in [0.5, 0.6) is 0 Å². The van der Waals surface area contributed by atoms with Gasteiger partial charge in [0.2, 0.25) is 0 Å². The van der Waals surface area contributed by atoms with E-state index in [9.17, 15) is 4.79 Å². The van der Waals surface area contributed by atoms with E-state index in [0.717, 1.165) is 0 Å². The summed E-state index contributed by atoms with van der Waals surface area (Å²) in [5.41, 5.74) is 1.35. The molecule has 1 aromatic carbocycles. The first-order valence-electron chi connectivity index (χ1n) is 5.22. The zero-order chi connectivity index (χ0) is 14.0. The monoisotopic (exact) mass is 315 g/mol. The van der Waals surface area contributed by atoms with Crippen LogP contribution in [0.4, 0.5) is 0 Å². The molecule has 2 rings (SSSR count). The summed E-state index contributed by atoms with van der Waals surface area (Å²) in [6, 6.07) is 6.52. The normalized spacial score (nSPS) is 10.3. The molecule has 6 heteroatoms. The van der Waals surface area contributed by atoms with Gasteiger partial charge >= 0.3 is 5.97 Å². The van der Waals surface area contributed by atoms with E-state index in [4.69, 9.17) is 34.8 Å². The number of hydrogen-bond acceptors (Lipinski definition) is 3. The molecule has 3 nitrogen and oxygen atoms in total. The number of pyridine rings is 1. The van der Waals surface area contributed by atoms with Crippen molar-refractivity contribution in [2.45, 2.75) is 0 Å². The third kappa shape index (κ3) is 3.00. The van der Waals surface area contributed by atoms with Crippen molar-refractivity contribution >= 4 is 40.8 Å². The van der Waals surface area contributed by atoms with E-state index in [1.807, 2.05) is 0 Å². The molecule has 1 aromatic heterocycles. The van der Waals surface area contributed by atoms with Crippen LogP contribution in [0.2, 0.25) is 15.1 Å². The summed E-state index contributed by atoms with van der Waals surface area (Å²) in [6.45, 7) is 0. The van der Waals surface area contributed by atoms with Gasteiger partial charge in [-0.3, -0.25) is 4.98 Å². The second-order valence-electron chi connectivity index (χ2n) is 3.67. The maximum absolute atomic E-state index is 11.6. The standard InChI is InChI=1S/C13H8Cl3NO2/c1-19-13(18)9-5-12(17-6-11(9)16)8-4-7(14)2-3-10(8)15/h2-6H,1H3. The minimum absolute atomic E-state index is 0.216. The average Bonchev–Trinajstić information content (AvgIpc) is 2.41. The Balaban J connectivity index is 2.57. The zero-order valence-electron chi connectivity index (χ0n) is 9.78. The van der Waals surface area contributed by atoms with E-state index < -0.39 is 5.97 Å². The minimum atomic E-state index is -0.535. The quantitative estimate of drug-likeness (QED) is 0.766.